The number of nitrogens with zero attached hydrogens (tertiary/aromatic N) is 1. The first kappa shape index (κ1) is 10.7. The maximum atomic E-state index is 9.47. The van der Waals surface area contributed by atoms with Crippen molar-refractivity contribution in [1.82, 2.24) is 10.3 Å². The van der Waals surface area contributed by atoms with Crippen molar-refractivity contribution in [3.8, 4) is 5.75 Å². The van der Waals surface area contributed by atoms with Crippen LogP contribution in [-0.4, -0.2) is 16.6 Å². The first-order valence-corrected chi connectivity index (χ1v) is 4.71. The van der Waals surface area contributed by atoms with Gasteiger partial charge in [-0.25, -0.2) is 0 Å². The number of pyridine rings is 1. The number of hydrogen-bond acceptors (Lipinski definition) is 3. The number of hydrogen-bond donors (Lipinski definition) is 2. The number of aromatic hydroxyl groups is 1. The number of nitrogens with one attached hydrogen (secondary N) is 1. The van der Waals surface area contributed by atoms with Crippen LogP contribution in [0.25, 0.3) is 0 Å². The topological polar surface area (TPSA) is 45.2 Å². The van der Waals surface area contributed by atoms with Crippen LogP contribution in [0, 0.1) is 6.92 Å². The summed E-state index contributed by atoms with van der Waals surface area (Å²) >= 11 is 0. The van der Waals surface area contributed by atoms with Crippen molar-refractivity contribution < 1.29 is 5.11 Å². The van der Waals surface area contributed by atoms with Crippen LogP contribution >= 0.6 is 0 Å². The van der Waals surface area contributed by atoms with Gasteiger partial charge in [-0.1, -0.05) is 6.08 Å². The molecule has 3 nitrogen and oxygen atoms in total. The SMILES string of the molecule is C=CCCNCc1nc(C)ccc1O. The standard InChI is InChI=1S/C11H16N2O/c1-3-4-7-12-8-10-11(14)6-5-9(2)13-10/h3,5-6,12,14H,1,4,7-8H2,2H3. The van der Waals surface area contributed by atoms with Crippen molar-refractivity contribution in [3.63, 3.8) is 0 Å². The molecule has 0 saturated carbocycles. The molecule has 14 heavy (non-hydrogen) atoms. The van der Waals surface area contributed by atoms with Crippen LogP contribution in [-0.2, 0) is 6.54 Å². The summed E-state index contributed by atoms with van der Waals surface area (Å²) in [5.74, 6) is 0.252. The highest BCUT2D eigenvalue weighted by atomic mass is 16.3. The van der Waals surface area contributed by atoms with E-state index in [0.717, 1.165) is 18.7 Å². The molecule has 0 amide bonds. The van der Waals surface area contributed by atoms with Crippen LogP contribution in [0.4, 0.5) is 0 Å². The van der Waals surface area contributed by atoms with Crippen LogP contribution < -0.4 is 5.32 Å². The van der Waals surface area contributed by atoms with E-state index in [9.17, 15) is 5.11 Å². The Balaban J connectivity index is 2.49. The Morgan fingerprint density at radius 2 is 2.36 bits per heavy atom. The molecular weight excluding hydrogens is 176 g/mol. The fourth-order valence-corrected chi connectivity index (χ4v) is 1.14. The molecular formula is C11H16N2O. The third-order valence-electron chi connectivity index (χ3n) is 1.91. The number of aryl methyl sites for hydroxylation is 1. The highest BCUT2D eigenvalue weighted by Gasteiger charge is 2.01. The largest absolute Gasteiger partial charge is 0.506 e. The van der Waals surface area contributed by atoms with Crippen molar-refractivity contribution in [2.24, 2.45) is 0 Å². The van der Waals surface area contributed by atoms with Gasteiger partial charge in [0.25, 0.3) is 0 Å². The summed E-state index contributed by atoms with van der Waals surface area (Å²) < 4.78 is 0. The highest BCUT2D eigenvalue weighted by Crippen LogP contribution is 2.13. The minimum atomic E-state index is 0.252. The van der Waals surface area contributed by atoms with E-state index in [4.69, 9.17) is 0 Å². The zero-order chi connectivity index (χ0) is 10.4. The van der Waals surface area contributed by atoms with E-state index < -0.39 is 0 Å². The van der Waals surface area contributed by atoms with E-state index in [2.05, 4.69) is 16.9 Å². The van der Waals surface area contributed by atoms with Crippen molar-refractivity contribution in [1.29, 1.82) is 0 Å². The van der Waals surface area contributed by atoms with Crippen LogP contribution in [0.3, 0.4) is 0 Å². The Kier molecular flexibility index (Phi) is 4.13. The second-order valence-electron chi connectivity index (χ2n) is 3.17. The number of aromatic nitrogens is 1. The van der Waals surface area contributed by atoms with Gasteiger partial charge in [0.2, 0.25) is 0 Å². The molecule has 0 unspecified atom stereocenters. The Morgan fingerprint density at radius 1 is 1.57 bits per heavy atom. The normalized spacial score (nSPS) is 10.1. The van der Waals surface area contributed by atoms with E-state index in [-0.39, 0.29) is 5.75 Å². The molecule has 0 aliphatic carbocycles. The first-order valence-electron chi connectivity index (χ1n) is 4.71. The van der Waals surface area contributed by atoms with Crippen molar-refractivity contribution in [2.75, 3.05) is 6.54 Å². The minimum Gasteiger partial charge on any atom is -0.506 e. The molecule has 0 fully saturated rings. The molecule has 0 spiro atoms. The Hall–Kier alpha value is -1.35. The van der Waals surface area contributed by atoms with Crippen LogP contribution in [0.5, 0.6) is 5.75 Å². The molecule has 0 aromatic carbocycles. The Labute approximate surface area is 84.5 Å². The van der Waals surface area contributed by atoms with E-state index >= 15 is 0 Å². The van der Waals surface area contributed by atoms with Gasteiger partial charge >= 0.3 is 0 Å². The van der Waals surface area contributed by atoms with E-state index in [1.165, 1.54) is 0 Å². The molecule has 0 aliphatic heterocycles. The molecule has 3 heteroatoms. The van der Waals surface area contributed by atoms with Gasteiger partial charge in [-0.15, -0.1) is 6.58 Å². The fourth-order valence-electron chi connectivity index (χ4n) is 1.14. The molecule has 76 valence electrons. The smallest absolute Gasteiger partial charge is 0.138 e. The lowest BCUT2D eigenvalue weighted by atomic mass is 10.3. The second-order valence-corrected chi connectivity index (χ2v) is 3.17. The first-order chi connectivity index (χ1) is 6.74. The molecule has 1 aromatic heterocycles. The molecule has 0 saturated heterocycles. The third kappa shape index (κ3) is 3.18. The summed E-state index contributed by atoms with van der Waals surface area (Å²) in [4.78, 5) is 4.23. The average molecular weight is 192 g/mol. The van der Waals surface area contributed by atoms with Crippen LogP contribution in [0.15, 0.2) is 24.8 Å². The predicted octanol–water partition coefficient (Wildman–Crippen LogP) is 1.76. The molecule has 1 rings (SSSR count). The van der Waals surface area contributed by atoms with Gasteiger partial charge in [0.15, 0.2) is 0 Å². The van der Waals surface area contributed by atoms with Gasteiger partial charge < -0.3 is 10.4 Å². The van der Waals surface area contributed by atoms with E-state index in [1.807, 2.05) is 13.0 Å². The summed E-state index contributed by atoms with van der Waals surface area (Å²) in [6, 6.07) is 3.47. The van der Waals surface area contributed by atoms with Crippen molar-refractivity contribution >= 4 is 0 Å². The maximum absolute atomic E-state index is 9.47. The third-order valence-corrected chi connectivity index (χ3v) is 1.91. The lowest BCUT2D eigenvalue weighted by Crippen LogP contribution is -2.15. The van der Waals surface area contributed by atoms with Gasteiger partial charge in [-0.05, 0) is 32.0 Å². The van der Waals surface area contributed by atoms with Gasteiger partial charge in [-0.2, -0.15) is 0 Å². The Bertz CT molecular complexity index is 310. The van der Waals surface area contributed by atoms with Crippen LogP contribution in [0.2, 0.25) is 0 Å². The maximum Gasteiger partial charge on any atom is 0.138 e. The molecule has 0 bridgehead atoms. The highest BCUT2D eigenvalue weighted by molar-refractivity contribution is 5.27. The molecule has 2 N–H and O–H groups in total. The molecule has 1 heterocycles. The summed E-state index contributed by atoms with van der Waals surface area (Å²) in [7, 11) is 0. The lowest BCUT2D eigenvalue weighted by Gasteiger charge is -2.05. The van der Waals surface area contributed by atoms with Crippen molar-refractivity contribution in [2.45, 2.75) is 19.9 Å². The zero-order valence-electron chi connectivity index (χ0n) is 8.45. The zero-order valence-corrected chi connectivity index (χ0v) is 8.45. The van der Waals surface area contributed by atoms with E-state index in [0.29, 0.717) is 12.2 Å². The predicted molar refractivity (Wildman–Crippen MR) is 57.2 cm³/mol. The monoisotopic (exact) mass is 192 g/mol. The lowest BCUT2D eigenvalue weighted by molar-refractivity contribution is 0.459. The molecule has 0 atom stereocenters. The van der Waals surface area contributed by atoms with Gasteiger partial charge in [0.1, 0.15) is 5.75 Å². The molecule has 1 aromatic rings. The summed E-state index contributed by atoms with van der Waals surface area (Å²) in [5.41, 5.74) is 1.62. The van der Waals surface area contributed by atoms with Crippen LogP contribution in [0.1, 0.15) is 17.8 Å². The quantitative estimate of drug-likeness (QED) is 0.552. The summed E-state index contributed by atoms with van der Waals surface area (Å²) in [6.07, 6.45) is 2.78. The number of rotatable bonds is 5. The van der Waals surface area contributed by atoms with Gasteiger partial charge in [-0.3, -0.25) is 4.98 Å². The minimum absolute atomic E-state index is 0.252. The fraction of sp³-hybridized carbons (Fsp3) is 0.364. The molecule has 0 aliphatic rings. The Morgan fingerprint density at radius 3 is 3.07 bits per heavy atom. The molecule has 0 radical (unpaired) electrons. The van der Waals surface area contributed by atoms with Gasteiger partial charge in [0, 0.05) is 12.2 Å². The second kappa shape index (κ2) is 5.40. The van der Waals surface area contributed by atoms with E-state index in [1.54, 1.807) is 12.1 Å². The summed E-state index contributed by atoms with van der Waals surface area (Å²) in [5, 5.41) is 12.6. The average Bonchev–Trinajstić information content (AvgIpc) is 2.18. The van der Waals surface area contributed by atoms with Crippen molar-refractivity contribution in [3.05, 3.63) is 36.2 Å². The summed E-state index contributed by atoms with van der Waals surface area (Å²) in [6.45, 7) is 7.00. The van der Waals surface area contributed by atoms with Gasteiger partial charge in [0.05, 0.1) is 5.69 Å².